The van der Waals surface area contributed by atoms with Crippen molar-refractivity contribution in [2.75, 3.05) is 68.5 Å². The highest BCUT2D eigenvalue weighted by atomic mass is 16.4. The lowest BCUT2D eigenvalue weighted by atomic mass is 10.0. The van der Waals surface area contributed by atoms with E-state index >= 15 is 0 Å². The molecule has 0 aliphatic carbocycles. The Labute approximate surface area is 313 Å². The van der Waals surface area contributed by atoms with E-state index in [1.807, 2.05) is 145 Å². The van der Waals surface area contributed by atoms with E-state index in [-0.39, 0.29) is 11.5 Å². The standard InChI is InChI=1S/C22H25N3O.C17H13NO2.C5H14N2/c1-16-10-11-20-18(14-16)19(22(26)25(4)13-12-24(2)3)15-21(23-20)17-8-6-5-7-9-17;1-11-7-8-15-13(9-11)14(17(19)20)10-16(18-15)12-5-3-2-4-6-12;1-6-4-5-7(2)3/h5-11,14-15H,12-13H2,1-4H3;2-10H,1H3,(H,19,20);6H,4-5H2,1-3H3. The fourth-order valence-corrected chi connectivity index (χ4v) is 5.54. The maximum Gasteiger partial charge on any atom is 0.336 e. The number of carboxylic acids is 1. The Morgan fingerprint density at radius 2 is 1.06 bits per heavy atom. The van der Waals surface area contributed by atoms with E-state index in [2.05, 4.69) is 34.2 Å². The molecule has 6 rings (SSSR count). The Morgan fingerprint density at radius 1 is 0.604 bits per heavy atom. The third kappa shape index (κ3) is 11.5. The van der Waals surface area contributed by atoms with E-state index in [0.717, 1.165) is 58.5 Å². The molecule has 0 fully saturated rings. The molecule has 0 aliphatic heterocycles. The molecule has 2 aromatic heterocycles. The summed E-state index contributed by atoms with van der Waals surface area (Å²) in [5, 5.41) is 14.1. The molecule has 0 aliphatic rings. The van der Waals surface area contributed by atoms with Crippen LogP contribution >= 0.6 is 0 Å². The van der Waals surface area contributed by atoms with Gasteiger partial charge in [-0.2, -0.15) is 0 Å². The number of benzene rings is 4. The van der Waals surface area contributed by atoms with Gasteiger partial charge in [0.1, 0.15) is 0 Å². The quantitative estimate of drug-likeness (QED) is 0.151. The molecule has 9 nitrogen and oxygen atoms in total. The fraction of sp³-hybridized carbons (Fsp3) is 0.273. The van der Waals surface area contributed by atoms with Crippen molar-refractivity contribution in [3.63, 3.8) is 0 Å². The van der Waals surface area contributed by atoms with Gasteiger partial charge in [-0.3, -0.25) is 4.79 Å². The second kappa shape index (κ2) is 19.4. The first-order valence-electron chi connectivity index (χ1n) is 17.7. The summed E-state index contributed by atoms with van der Waals surface area (Å²) < 4.78 is 0. The number of hydrogen-bond acceptors (Lipinski definition) is 7. The Kier molecular flexibility index (Phi) is 14.7. The lowest BCUT2D eigenvalue weighted by molar-refractivity contribution is 0.0698. The summed E-state index contributed by atoms with van der Waals surface area (Å²) in [4.78, 5) is 40.0. The van der Waals surface area contributed by atoms with Crippen LogP contribution in [0.4, 0.5) is 0 Å². The first-order valence-corrected chi connectivity index (χ1v) is 17.7. The molecule has 0 spiro atoms. The average molecular weight is 713 g/mol. The molecule has 0 saturated heterocycles. The van der Waals surface area contributed by atoms with E-state index in [1.54, 1.807) is 11.0 Å². The summed E-state index contributed by atoms with van der Waals surface area (Å²) in [5.74, 6) is -0.901. The number of fused-ring (bicyclic) bond motifs is 2. The number of nitrogens with zero attached hydrogens (tertiary/aromatic N) is 5. The molecule has 0 radical (unpaired) electrons. The van der Waals surface area contributed by atoms with E-state index in [1.165, 1.54) is 0 Å². The van der Waals surface area contributed by atoms with Gasteiger partial charge >= 0.3 is 5.97 Å². The zero-order chi connectivity index (χ0) is 38.5. The number of pyridine rings is 2. The van der Waals surface area contributed by atoms with E-state index in [4.69, 9.17) is 4.98 Å². The first kappa shape index (κ1) is 40.3. The lowest BCUT2D eigenvalue weighted by Crippen LogP contribution is -2.33. The van der Waals surface area contributed by atoms with Crippen LogP contribution < -0.4 is 5.32 Å². The second-order valence-corrected chi connectivity index (χ2v) is 13.6. The number of aromatic carboxylic acids is 1. The van der Waals surface area contributed by atoms with Crippen LogP contribution in [0.5, 0.6) is 0 Å². The average Bonchev–Trinajstić information content (AvgIpc) is 3.16. The smallest absolute Gasteiger partial charge is 0.336 e. The topological polar surface area (TPSA) is 102 Å². The Balaban J connectivity index is 0.000000205. The third-order valence-electron chi connectivity index (χ3n) is 8.57. The number of nitrogens with one attached hydrogen (secondary N) is 1. The minimum absolute atomic E-state index is 0.0297. The summed E-state index contributed by atoms with van der Waals surface area (Å²) in [7, 11) is 12.0. The van der Waals surface area contributed by atoms with Crippen LogP contribution in [0.25, 0.3) is 44.3 Å². The van der Waals surface area contributed by atoms with Gasteiger partial charge in [0, 0.05) is 55.1 Å². The number of hydrogen-bond donors (Lipinski definition) is 2. The maximum absolute atomic E-state index is 13.1. The van der Waals surface area contributed by atoms with Crippen LogP contribution in [0.3, 0.4) is 0 Å². The Bertz CT molecular complexity index is 2120. The van der Waals surface area contributed by atoms with Gasteiger partial charge in [-0.25, -0.2) is 14.8 Å². The first-order chi connectivity index (χ1) is 25.4. The number of rotatable bonds is 10. The third-order valence-corrected chi connectivity index (χ3v) is 8.57. The summed E-state index contributed by atoms with van der Waals surface area (Å²) in [5.41, 5.74) is 8.13. The molecule has 53 heavy (non-hydrogen) atoms. The van der Waals surface area contributed by atoms with Gasteiger partial charge in [0.25, 0.3) is 5.91 Å². The largest absolute Gasteiger partial charge is 0.478 e. The molecule has 0 saturated carbocycles. The van der Waals surface area contributed by atoms with Gasteiger partial charge in [0.15, 0.2) is 0 Å². The fourth-order valence-electron chi connectivity index (χ4n) is 5.54. The van der Waals surface area contributed by atoms with Crippen LogP contribution in [-0.4, -0.2) is 110 Å². The number of amides is 1. The zero-order valence-corrected chi connectivity index (χ0v) is 32.2. The van der Waals surface area contributed by atoms with Crippen molar-refractivity contribution in [1.82, 2.24) is 30.0 Å². The number of aromatic nitrogens is 2. The SMILES string of the molecule is CNCCN(C)C.Cc1ccc2nc(-c3ccccc3)cc(C(=O)N(C)CCN(C)C)c2c1.Cc1ccc2nc(-c3ccccc3)cc(C(=O)O)c2c1. The molecule has 6 aromatic rings. The number of likely N-dealkylation sites (N-methyl/N-ethyl adjacent to an activating group) is 4. The molecule has 9 heteroatoms. The Hall–Kier alpha value is -5.48. The molecule has 276 valence electrons. The van der Waals surface area contributed by atoms with Crippen molar-refractivity contribution in [3.8, 4) is 22.5 Å². The monoisotopic (exact) mass is 712 g/mol. The van der Waals surface area contributed by atoms with E-state index < -0.39 is 5.97 Å². The molecule has 0 bridgehead atoms. The van der Waals surface area contributed by atoms with Gasteiger partial charge in [-0.1, -0.05) is 83.9 Å². The van der Waals surface area contributed by atoms with Crippen LogP contribution in [0.2, 0.25) is 0 Å². The van der Waals surface area contributed by atoms with Gasteiger partial charge in [-0.05, 0) is 85.5 Å². The summed E-state index contributed by atoms with van der Waals surface area (Å²) in [6.45, 7) is 7.69. The molecule has 0 atom stereocenters. The second-order valence-electron chi connectivity index (χ2n) is 13.6. The highest BCUT2D eigenvalue weighted by molar-refractivity contribution is 6.07. The van der Waals surface area contributed by atoms with E-state index in [0.29, 0.717) is 28.7 Å². The van der Waals surface area contributed by atoms with Gasteiger partial charge in [0.2, 0.25) is 0 Å². The van der Waals surface area contributed by atoms with Crippen molar-refractivity contribution in [2.24, 2.45) is 0 Å². The predicted octanol–water partition coefficient (Wildman–Crippen LogP) is 7.52. The van der Waals surface area contributed by atoms with Gasteiger partial charge < -0.3 is 25.1 Å². The summed E-state index contributed by atoms with van der Waals surface area (Å²) in [6, 6.07) is 34.9. The van der Waals surface area contributed by atoms with Crippen molar-refractivity contribution < 1.29 is 14.7 Å². The molecule has 1 amide bonds. The highest BCUT2D eigenvalue weighted by Gasteiger charge is 2.18. The Morgan fingerprint density at radius 3 is 1.47 bits per heavy atom. The molecule has 2 heterocycles. The summed E-state index contributed by atoms with van der Waals surface area (Å²) >= 11 is 0. The van der Waals surface area contributed by atoms with Crippen molar-refractivity contribution >= 4 is 33.7 Å². The van der Waals surface area contributed by atoms with Crippen molar-refractivity contribution in [2.45, 2.75) is 13.8 Å². The van der Waals surface area contributed by atoms with Crippen LogP contribution in [0.1, 0.15) is 31.8 Å². The van der Waals surface area contributed by atoms with Crippen LogP contribution in [-0.2, 0) is 0 Å². The molecule has 4 aromatic carbocycles. The molecular formula is C44H52N6O3. The van der Waals surface area contributed by atoms with Crippen molar-refractivity contribution in [1.29, 1.82) is 0 Å². The van der Waals surface area contributed by atoms with Crippen LogP contribution in [0.15, 0.2) is 109 Å². The molecule has 2 N–H and O–H groups in total. The zero-order valence-electron chi connectivity index (χ0n) is 32.2. The number of carbonyl (C=O) groups excluding carboxylic acids is 1. The van der Waals surface area contributed by atoms with E-state index in [9.17, 15) is 14.7 Å². The maximum atomic E-state index is 13.1. The minimum atomic E-state index is -0.930. The number of carbonyl (C=O) groups is 2. The summed E-state index contributed by atoms with van der Waals surface area (Å²) in [6.07, 6.45) is 0. The lowest BCUT2D eigenvalue weighted by Gasteiger charge is -2.21. The molecule has 0 unspecified atom stereocenters. The molecular weight excluding hydrogens is 661 g/mol. The van der Waals surface area contributed by atoms with Crippen LogP contribution in [0, 0.1) is 13.8 Å². The minimum Gasteiger partial charge on any atom is -0.478 e. The van der Waals surface area contributed by atoms with Gasteiger partial charge in [-0.15, -0.1) is 0 Å². The van der Waals surface area contributed by atoms with Gasteiger partial charge in [0.05, 0.1) is 33.5 Å². The normalized spacial score (nSPS) is 10.8. The predicted molar refractivity (Wildman–Crippen MR) is 219 cm³/mol. The number of aryl methyl sites for hydroxylation is 2. The number of carboxylic acid groups (broad SMARTS) is 1. The van der Waals surface area contributed by atoms with Crippen molar-refractivity contribution in [3.05, 3.63) is 131 Å². The highest BCUT2D eigenvalue weighted by Crippen LogP contribution is 2.27.